The molecule has 130 valence electrons. The highest BCUT2D eigenvalue weighted by Crippen LogP contribution is 2.62. The molecule has 5 rings (SSSR count). The lowest BCUT2D eigenvalue weighted by atomic mass is 9.56. The molecule has 0 spiro atoms. The molecule has 3 saturated carbocycles. The van der Waals surface area contributed by atoms with Crippen molar-refractivity contribution in [2.45, 2.75) is 44.1 Å². The van der Waals surface area contributed by atoms with Crippen molar-refractivity contribution >= 4 is 5.97 Å². The molecule has 1 N–H and O–H groups in total. The molecular weight excluding hydrogens is 302 g/mol. The Balaban J connectivity index is 1.47. The van der Waals surface area contributed by atoms with E-state index >= 15 is 0 Å². The lowest BCUT2D eigenvalue weighted by molar-refractivity contribution is -0.184. The van der Waals surface area contributed by atoms with E-state index in [1.54, 1.807) is 5.57 Å². The Hall–Kier alpha value is -1.13. The number of carbonyl (C=O) groups excluding carboxylic acids is 1. The van der Waals surface area contributed by atoms with Crippen LogP contribution in [0.5, 0.6) is 0 Å². The van der Waals surface area contributed by atoms with Gasteiger partial charge >= 0.3 is 5.97 Å². The van der Waals surface area contributed by atoms with E-state index in [4.69, 9.17) is 9.57 Å². The minimum Gasteiger partial charge on any atom is -0.467 e. The number of carbonyl (C=O) groups is 1. The van der Waals surface area contributed by atoms with Gasteiger partial charge in [-0.15, -0.1) is 0 Å². The number of rotatable bonds is 1. The smallest absolute Gasteiger partial charge is 0.340 e. The standard InChI is InChI=1S/C20H27NO3/c1-23-19(22)20-13(11-21-24-20)10-17-16-7-6-12-4-2-3-5-14(12)15(16)8-9-18(17)20/h3-5,13-18,21H,2,6-11H2,1H3. The Kier molecular flexibility index (Phi) is 3.43. The largest absolute Gasteiger partial charge is 0.467 e. The molecular formula is C20H27NO3. The number of fused-ring (bicyclic) bond motifs is 7. The van der Waals surface area contributed by atoms with Crippen LogP contribution in [0.2, 0.25) is 0 Å². The fourth-order valence-corrected chi connectivity index (χ4v) is 6.87. The minimum atomic E-state index is -0.719. The number of hydroxylamine groups is 1. The maximum Gasteiger partial charge on any atom is 0.340 e. The van der Waals surface area contributed by atoms with Crippen LogP contribution >= 0.6 is 0 Å². The summed E-state index contributed by atoms with van der Waals surface area (Å²) in [6, 6.07) is 0. The van der Waals surface area contributed by atoms with Gasteiger partial charge in [0.2, 0.25) is 0 Å². The second-order valence-electron chi connectivity index (χ2n) is 8.35. The van der Waals surface area contributed by atoms with Crippen molar-refractivity contribution in [2.24, 2.45) is 35.5 Å². The van der Waals surface area contributed by atoms with Crippen LogP contribution in [0, 0.1) is 35.5 Å². The van der Waals surface area contributed by atoms with Gasteiger partial charge in [0.1, 0.15) is 0 Å². The van der Waals surface area contributed by atoms with Gasteiger partial charge in [-0.05, 0) is 56.3 Å². The Morgan fingerprint density at radius 1 is 1.29 bits per heavy atom. The first-order valence-electron chi connectivity index (χ1n) is 9.60. The van der Waals surface area contributed by atoms with Gasteiger partial charge in [0.15, 0.2) is 5.60 Å². The van der Waals surface area contributed by atoms with Crippen molar-refractivity contribution in [3.63, 3.8) is 0 Å². The summed E-state index contributed by atoms with van der Waals surface area (Å²) in [5.41, 5.74) is 3.97. The molecule has 5 aliphatic rings. The molecule has 0 radical (unpaired) electrons. The molecule has 0 aromatic heterocycles. The van der Waals surface area contributed by atoms with Gasteiger partial charge in [-0.2, -0.15) is 0 Å². The number of allylic oxidation sites excluding steroid dienone is 4. The van der Waals surface area contributed by atoms with Crippen LogP contribution in [0.25, 0.3) is 0 Å². The second-order valence-corrected chi connectivity index (χ2v) is 8.35. The highest BCUT2D eigenvalue weighted by atomic mass is 16.7. The van der Waals surface area contributed by atoms with Crippen LogP contribution in [-0.4, -0.2) is 25.2 Å². The minimum absolute atomic E-state index is 0.155. The van der Waals surface area contributed by atoms with E-state index in [2.05, 4.69) is 23.7 Å². The molecule has 1 saturated heterocycles. The van der Waals surface area contributed by atoms with Gasteiger partial charge in [-0.1, -0.05) is 23.8 Å². The van der Waals surface area contributed by atoms with Gasteiger partial charge in [0.05, 0.1) is 7.11 Å². The zero-order chi connectivity index (χ0) is 16.3. The molecule has 0 aromatic rings. The van der Waals surface area contributed by atoms with Crippen molar-refractivity contribution < 1.29 is 14.4 Å². The Labute approximate surface area is 143 Å². The summed E-state index contributed by atoms with van der Waals surface area (Å²) in [5.74, 6) is 3.23. The molecule has 1 heterocycles. The monoisotopic (exact) mass is 329 g/mol. The third-order valence-electron chi connectivity index (χ3n) is 7.73. The number of nitrogens with one attached hydrogen (secondary N) is 1. The van der Waals surface area contributed by atoms with E-state index in [-0.39, 0.29) is 11.9 Å². The van der Waals surface area contributed by atoms with E-state index < -0.39 is 5.60 Å². The summed E-state index contributed by atoms with van der Waals surface area (Å²) in [6.45, 7) is 0.786. The van der Waals surface area contributed by atoms with Crippen LogP contribution in [0.1, 0.15) is 38.5 Å². The molecule has 4 heteroatoms. The molecule has 4 aliphatic carbocycles. The van der Waals surface area contributed by atoms with Gasteiger partial charge in [0.25, 0.3) is 0 Å². The van der Waals surface area contributed by atoms with E-state index in [1.807, 2.05) is 0 Å². The van der Waals surface area contributed by atoms with Crippen LogP contribution in [0.3, 0.4) is 0 Å². The molecule has 4 nitrogen and oxygen atoms in total. The first kappa shape index (κ1) is 15.2. The highest BCUT2D eigenvalue weighted by Gasteiger charge is 2.67. The van der Waals surface area contributed by atoms with E-state index in [1.165, 1.54) is 26.4 Å². The number of hydrogen-bond donors (Lipinski definition) is 1. The maximum atomic E-state index is 12.7. The third kappa shape index (κ3) is 1.84. The van der Waals surface area contributed by atoms with Crippen molar-refractivity contribution in [1.82, 2.24) is 5.48 Å². The average molecular weight is 329 g/mol. The van der Waals surface area contributed by atoms with Crippen LogP contribution in [0.4, 0.5) is 0 Å². The first-order valence-corrected chi connectivity index (χ1v) is 9.60. The van der Waals surface area contributed by atoms with Gasteiger partial charge < -0.3 is 4.74 Å². The maximum absolute atomic E-state index is 12.7. The molecule has 7 unspecified atom stereocenters. The lowest BCUT2D eigenvalue weighted by Crippen LogP contribution is -2.52. The Morgan fingerprint density at radius 3 is 3.08 bits per heavy atom. The van der Waals surface area contributed by atoms with E-state index in [9.17, 15) is 4.79 Å². The van der Waals surface area contributed by atoms with Crippen LogP contribution < -0.4 is 5.48 Å². The van der Waals surface area contributed by atoms with Gasteiger partial charge in [-0.25, -0.2) is 10.3 Å². The van der Waals surface area contributed by atoms with Crippen molar-refractivity contribution in [2.75, 3.05) is 13.7 Å². The Bertz CT molecular complexity index is 612. The number of hydrogen-bond acceptors (Lipinski definition) is 4. The molecule has 24 heavy (non-hydrogen) atoms. The number of methoxy groups -OCH3 is 1. The fourth-order valence-electron chi connectivity index (χ4n) is 6.87. The first-order chi connectivity index (χ1) is 11.8. The molecule has 0 bridgehead atoms. The van der Waals surface area contributed by atoms with Gasteiger partial charge in [0, 0.05) is 24.3 Å². The molecule has 0 aromatic carbocycles. The van der Waals surface area contributed by atoms with Crippen LogP contribution in [0.15, 0.2) is 23.8 Å². The zero-order valence-electron chi connectivity index (χ0n) is 14.4. The third-order valence-corrected chi connectivity index (χ3v) is 7.73. The summed E-state index contributed by atoms with van der Waals surface area (Å²) >= 11 is 0. The zero-order valence-corrected chi connectivity index (χ0v) is 14.4. The van der Waals surface area contributed by atoms with Crippen molar-refractivity contribution in [3.8, 4) is 0 Å². The Morgan fingerprint density at radius 2 is 2.21 bits per heavy atom. The fraction of sp³-hybridized carbons (Fsp3) is 0.750. The van der Waals surface area contributed by atoms with Crippen molar-refractivity contribution in [3.05, 3.63) is 23.8 Å². The van der Waals surface area contributed by atoms with Crippen molar-refractivity contribution in [1.29, 1.82) is 0 Å². The molecule has 1 aliphatic heterocycles. The van der Waals surface area contributed by atoms with E-state index in [0.29, 0.717) is 17.8 Å². The summed E-state index contributed by atoms with van der Waals surface area (Å²) in [7, 11) is 1.50. The summed E-state index contributed by atoms with van der Waals surface area (Å²) in [4.78, 5) is 18.6. The predicted octanol–water partition coefficient (Wildman–Crippen LogP) is 3.01. The van der Waals surface area contributed by atoms with Crippen LogP contribution in [-0.2, 0) is 14.4 Å². The normalized spacial score (nSPS) is 48.8. The molecule has 4 fully saturated rings. The summed E-state index contributed by atoms with van der Waals surface area (Å²) < 4.78 is 5.19. The van der Waals surface area contributed by atoms with E-state index in [0.717, 1.165) is 37.6 Å². The summed E-state index contributed by atoms with van der Waals surface area (Å²) in [6.07, 6.45) is 14.3. The quantitative estimate of drug-likeness (QED) is 0.593. The second kappa shape index (κ2) is 5.43. The lowest BCUT2D eigenvalue weighted by Gasteiger charge is -2.49. The predicted molar refractivity (Wildman–Crippen MR) is 89.7 cm³/mol. The molecule has 0 amide bonds. The highest BCUT2D eigenvalue weighted by molar-refractivity contribution is 5.81. The van der Waals surface area contributed by atoms with Gasteiger partial charge in [-0.3, -0.25) is 4.84 Å². The number of ether oxygens (including phenoxy) is 1. The summed E-state index contributed by atoms with van der Waals surface area (Å²) in [5, 5.41) is 0. The topological polar surface area (TPSA) is 47.6 Å². The number of esters is 1. The average Bonchev–Trinajstić information content (AvgIpc) is 3.17. The SMILES string of the molecule is COC(=O)C12ONCC1CC1C3CCC4=CCC=CC4C3CCC12. The molecule has 7 atom stereocenters.